The molecular weight excluding hydrogens is 370 g/mol. The quantitative estimate of drug-likeness (QED) is 0.777. The summed E-state index contributed by atoms with van der Waals surface area (Å²) < 4.78 is 11.1. The Morgan fingerprint density at radius 3 is 2.79 bits per heavy atom. The Morgan fingerprint density at radius 1 is 1.21 bits per heavy atom. The van der Waals surface area contributed by atoms with Crippen LogP contribution in [0.25, 0.3) is 0 Å². The van der Waals surface area contributed by atoms with Gasteiger partial charge in [0.05, 0.1) is 19.1 Å². The maximum absolute atomic E-state index is 12.9. The number of rotatable bonds is 5. The highest BCUT2D eigenvalue weighted by molar-refractivity contribution is 5.97. The fourth-order valence-electron chi connectivity index (χ4n) is 3.77. The van der Waals surface area contributed by atoms with Gasteiger partial charge in [-0.15, -0.1) is 0 Å². The summed E-state index contributed by atoms with van der Waals surface area (Å²) >= 11 is 0. The van der Waals surface area contributed by atoms with Gasteiger partial charge in [0.25, 0.3) is 5.91 Å². The standard InChI is InChI=1S/C22H25N3O4/c1-24(18-5-3-2-4-6-18)21(26)17-8-11-25(14-17)22(27)16-7-10-23-20(13-16)29-19-9-12-28-15-19/h2-7,10,13,17,19H,8-9,11-12,14-15H2,1H3. The number of aromatic nitrogens is 1. The molecule has 1 aromatic carbocycles. The largest absolute Gasteiger partial charge is 0.472 e. The smallest absolute Gasteiger partial charge is 0.254 e. The van der Waals surface area contributed by atoms with Crippen molar-refractivity contribution in [1.29, 1.82) is 0 Å². The Balaban J connectivity index is 1.38. The number of hydrogen-bond acceptors (Lipinski definition) is 5. The molecule has 2 fully saturated rings. The fraction of sp³-hybridized carbons (Fsp3) is 0.409. The van der Waals surface area contributed by atoms with Crippen molar-refractivity contribution in [1.82, 2.24) is 9.88 Å². The zero-order valence-corrected chi connectivity index (χ0v) is 16.5. The lowest BCUT2D eigenvalue weighted by Gasteiger charge is -2.22. The van der Waals surface area contributed by atoms with Gasteiger partial charge in [0.1, 0.15) is 6.10 Å². The Labute approximate surface area is 170 Å². The molecule has 2 aliphatic rings. The first-order chi connectivity index (χ1) is 14.1. The molecule has 2 atom stereocenters. The normalized spacial score (nSPS) is 21.2. The van der Waals surface area contributed by atoms with E-state index in [-0.39, 0.29) is 23.8 Å². The number of para-hydroxylation sites is 1. The first kappa shape index (κ1) is 19.4. The van der Waals surface area contributed by atoms with Gasteiger partial charge in [-0.25, -0.2) is 4.98 Å². The molecule has 3 heterocycles. The third-order valence-electron chi connectivity index (χ3n) is 5.46. The first-order valence-electron chi connectivity index (χ1n) is 9.94. The van der Waals surface area contributed by atoms with Gasteiger partial charge in [0.2, 0.25) is 11.8 Å². The molecule has 1 aromatic heterocycles. The van der Waals surface area contributed by atoms with E-state index >= 15 is 0 Å². The number of ether oxygens (including phenoxy) is 2. The number of pyridine rings is 1. The minimum atomic E-state index is -0.197. The molecular formula is C22H25N3O4. The molecule has 29 heavy (non-hydrogen) atoms. The van der Waals surface area contributed by atoms with Gasteiger partial charge in [0.15, 0.2) is 0 Å². The van der Waals surface area contributed by atoms with Crippen LogP contribution >= 0.6 is 0 Å². The van der Waals surface area contributed by atoms with E-state index in [1.54, 1.807) is 35.2 Å². The van der Waals surface area contributed by atoms with Crippen molar-refractivity contribution >= 4 is 17.5 Å². The Hall–Kier alpha value is -2.93. The topological polar surface area (TPSA) is 72.0 Å². The molecule has 0 N–H and O–H groups in total. The number of hydrogen-bond donors (Lipinski definition) is 0. The second-order valence-corrected chi connectivity index (χ2v) is 7.46. The summed E-state index contributed by atoms with van der Waals surface area (Å²) in [5, 5.41) is 0. The van der Waals surface area contributed by atoms with Crippen molar-refractivity contribution in [2.24, 2.45) is 5.92 Å². The highest BCUT2D eigenvalue weighted by atomic mass is 16.5. The van der Waals surface area contributed by atoms with Crippen LogP contribution in [0, 0.1) is 5.92 Å². The molecule has 0 bridgehead atoms. The molecule has 7 heteroatoms. The van der Waals surface area contributed by atoms with Crippen LogP contribution in [-0.4, -0.2) is 61.2 Å². The van der Waals surface area contributed by atoms with Crippen LogP contribution in [0.3, 0.4) is 0 Å². The molecule has 152 valence electrons. The molecule has 0 aliphatic carbocycles. The summed E-state index contributed by atoms with van der Waals surface area (Å²) in [6.45, 7) is 2.21. The molecule has 2 aromatic rings. The van der Waals surface area contributed by atoms with Crippen LogP contribution < -0.4 is 9.64 Å². The fourth-order valence-corrected chi connectivity index (χ4v) is 3.77. The average molecular weight is 395 g/mol. The Bertz CT molecular complexity index is 867. The van der Waals surface area contributed by atoms with Gasteiger partial charge in [-0.05, 0) is 24.6 Å². The van der Waals surface area contributed by atoms with E-state index in [4.69, 9.17) is 9.47 Å². The molecule has 2 amide bonds. The lowest BCUT2D eigenvalue weighted by Crippen LogP contribution is -2.36. The minimum absolute atomic E-state index is 0.0184. The van der Waals surface area contributed by atoms with Crippen molar-refractivity contribution in [2.45, 2.75) is 18.9 Å². The van der Waals surface area contributed by atoms with E-state index in [1.165, 1.54) is 0 Å². The predicted molar refractivity (Wildman–Crippen MR) is 108 cm³/mol. The number of anilines is 1. The number of carbonyl (C=O) groups is 2. The molecule has 4 rings (SSSR count). The molecule has 0 radical (unpaired) electrons. The maximum atomic E-state index is 12.9. The predicted octanol–water partition coefficient (Wildman–Crippen LogP) is 2.37. The van der Waals surface area contributed by atoms with Gasteiger partial charge in [-0.3, -0.25) is 9.59 Å². The summed E-state index contributed by atoms with van der Waals surface area (Å²) in [6.07, 6.45) is 3.05. The van der Waals surface area contributed by atoms with E-state index in [0.717, 1.165) is 12.1 Å². The van der Waals surface area contributed by atoms with Crippen molar-refractivity contribution in [3.05, 3.63) is 54.2 Å². The van der Waals surface area contributed by atoms with Crippen molar-refractivity contribution in [3.8, 4) is 5.88 Å². The van der Waals surface area contributed by atoms with Gasteiger partial charge in [0, 0.05) is 50.1 Å². The van der Waals surface area contributed by atoms with Crippen LogP contribution in [0.5, 0.6) is 5.88 Å². The van der Waals surface area contributed by atoms with Crippen LogP contribution in [-0.2, 0) is 9.53 Å². The minimum Gasteiger partial charge on any atom is -0.472 e. The zero-order chi connectivity index (χ0) is 20.2. The number of carbonyl (C=O) groups excluding carboxylic acids is 2. The number of amides is 2. The first-order valence-corrected chi connectivity index (χ1v) is 9.94. The van der Waals surface area contributed by atoms with Gasteiger partial charge in [-0.2, -0.15) is 0 Å². The Morgan fingerprint density at radius 2 is 2.03 bits per heavy atom. The second kappa shape index (κ2) is 8.61. The number of benzene rings is 1. The molecule has 2 saturated heterocycles. The van der Waals surface area contributed by atoms with Crippen molar-refractivity contribution < 1.29 is 19.1 Å². The summed E-state index contributed by atoms with van der Waals surface area (Å²) in [4.78, 5) is 33.4. The van der Waals surface area contributed by atoms with E-state index in [9.17, 15) is 9.59 Å². The molecule has 7 nitrogen and oxygen atoms in total. The highest BCUT2D eigenvalue weighted by Gasteiger charge is 2.33. The van der Waals surface area contributed by atoms with Crippen LogP contribution in [0.15, 0.2) is 48.7 Å². The van der Waals surface area contributed by atoms with E-state index < -0.39 is 0 Å². The van der Waals surface area contributed by atoms with Crippen LogP contribution in [0.4, 0.5) is 5.69 Å². The summed E-state index contributed by atoms with van der Waals surface area (Å²) in [7, 11) is 1.78. The number of nitrogens with zero attached hydrogens (tertiary/aromatic N) is 3. The molecule has 0 saturated carbocycles. The monoisotopic (exact) mass is 395 g/mol. The van der Waals surface area contributed by atoms with E-state index in [2.05, 4.69) is 4.98 Å². The van der Waals surface area contributed by atoms with E-state index in [1.807, 2.05) is 30.3 Å². The lowest BCUT2D eigenvalue weighted by atomic mass is 10.1. The Kier molecular flexibility index (Phi) is 5.76. The SMILES string of the molecule is CN(C(=O)C1CCN(C(=O)c2ccnc(OC3CCOC3)c2)C1)c1ccccc1. The molecule has 2 unspecified atom stereocenters. The van der Waals surface area contributed by atoms with Crippen molar-refractivity contribution in [3.63, 3.8) is 0 Å². The lowest BCUT2D eigenvalue weighted by molar-refractivity contribution is -0.121. The van der Waals surface area contributed by atoms with Crippen molar-refractivity contribution in [2.75, 3.05) is 38.3 Å². The third-order valence-corrected chi connectivity index (χ3v) is 5.46. The third kappa shape index (κ3) is 4.40. The summed E-state index contributed by atoms with van der Waals surface area (Å²) in [5.74, 6) is 0.170. The summed E-state index contributed by atoms with van der Waals surface area (Å²) in [5.41, 5.74) is 1.38. The van der Waals surface area contributed by atoms with Gasteiger partial charge in [-0.1, -0.05) is 18.2 Å². The van der Waals surface area contributed by atoms with Crippen LogP contribution in [0.2, 0.25) is 0 Å². The highest BCUT2D eigenvalue weighted by Crippen LogP contribution is 2.24. The maximum Gasteiger partial charge on any atom is 0.254 e. The van der Waals surface area contributed by atoms with E-state index in [0.29, 0.717) is 44.2 Å². The van der Waals surface area contributed by atoms with Gasteiger partial charge >= 0.3 is 0 Å². The second-order valence-electron chi connectivity index (χ2n) is 7.46. The summed E-state index contributed by atoms with van der Waals surface area (Å²) in [6, 6.07) is 12.9. The zero-order valence-electron chi connectivity index (χ0n) is 16.5. The van der Waals surface area contributed by atoms with Crippen LogP contribution in [0.1, 0.15) is 23.2 Å². The molecule has 2 aliphatic heterocycles. The molecule has 0 spiro atoms. The average Bonchev–Trinajstić information content (AvgIpc) is 3.45. The van der Waals surface area contributed by atoms with Gasteiger partial charge < -0.3 is 19.3 Å². The number of likely N-dealkylation sites (tertiary alicyclic amines) is 1.